The van der Waals surface area contributed by atoms with E-state index in [0.29, 0.717) is 50.4 Å². The maximum atomic E-state index is 11.3. The maximum absolute atomic E-state index is 11.3. The molecule has 0 fully saturated rings. The average Bonchev–Trinajstić information content (AvgIpc) is 3.16. The Morgan fingerprint density at radius 1 is 0.604 bits per heavy atom. The van der Waals surface area contributed by atoms with E-state index in [9.17, 15) is 30.1 Å². The summed E-state index contributed by atoms with van der Waals surface area (Å²) in [5, 5.41) is 51.3. The summed E-state index contributed by atoms with van der Waals surface area (Å²) in [6.45, 7) is 0. The Labute approximate surface area is 313 Å². The number of nitro benzene ring substituents is 2. The lowest BCUT2D eigenvalue weighted by Gasteiger charge is -2.16. The summed E-state index contributed by atoms with van der Waals surface area (Å²) in [4.78, 5) is 30.7. The summed E-state index contributed by atoms with van der Waals surface area (Å²) in [7, 11) is -1.53. The summed E-state index contributed by atoms with van der Waals surface area (Å²) in [5.41, 5.74) is 0.443. The summed E-state index contributed by atoms with van der Waals surface area (Å²) < 4.78 is 11.4. The van der Waals surface area contributed by atoms with E-state index >= 15 is 0 Å². The van der Waals surface area contributed by atoms with Gasteiger partial charge in [0.25, 0.3) is 11.4 Å². The molecule has 0 aliphatic carbocycles. The first-order valence-electron chi connectivity index (χ1n) is 15.5. The van der Waals surface area contributed by atoms with Crippen LogP contribution in [-0.4, -0.2) is 38.4 Å². The lowest BCUT2D eigenvalue weighted by molar-refractivity contribution is -0.386. The predicted octanol–water partition coefficient (Wildman–Crippen LogP) is 8.34. The Morgan fingerprint density at radius 3 is 1.62 bits per heavy atom. The van der Waals surface area contributed by atoms with E-state index in [4.69, 9.17) is 42.7 Å². The number of hydrogen-bond donors (Lipinski definition) is 3. The fourth-order valence-electron chi connectivity index (χ4n) is 4.68. The number of rotatable bonds is 10. The number of halogens is 2. The van der Waals surface area contributed by atoms with Crippen LogP contribution in [0, 0.1) is 20.2 Å². The van der Waals surface area contributed by atoms with Crippen LogP contribution >= 0.6 is 23.2 Å². The molecule has 0 heterocycles. The first-order chi connectivity index (χ1) is 25.5. The van der Waals surface area contributed by atoms with Crippen LogP contribution in [0.5, 0.6) is 23.0 Å². The van der Waals surface area contributed by atoms with Crippen LogP contribution in [-0.2, 0) is 0 Å². The molecule has 0 saturated heterocycles. The van der Waals surface area contributed by atoms with Gasteiger partial charge in [0.15, 0.2) is 6.29 Å². The van der Waals surface area contributed by atoms with Crippen molar-refractivity contribution in [3.05, 3.63) is 193 Å². The SMILES string of the molecule is O=Cc1cc(Cl)ccc1[N+](=O)[O-].O=[N+]([O-])c1ccc(Cl)cc1C(O)c1ccccc1Oc1ccccc1.OB(O)c1ccccc1Oc1ccccc1. The summed E-state index contributed by atoms with van der Waals surface area (Å²) in [5.74, 6) is 2.12. The normalized spacial score (nSPS) is 10.7. The van der Waals surface area contributed by atoms with Crippen molar-refractivity contribution < 1.29 is 39.3 Å². The second-order valence-corrected chi connectivity index (χ2v) is 11.6. The van der Waals surface area contributed by atoms with Gasteiger partial charge in [-0.25, -0.2) is 0 Å². The average molecular weight is 755 g/mol. The van der Waals surface area contributed by atoms with Crippen molar-refractivity contribution in [2.24, 2.45) is 0 Å². The second kappa shape index (κ2) is 19.5. The van der Waals surface area contributed by atoms with Gasteiger partial charge in [-0.05, 0) is 60.7 Å². The number of nitro groups is 2. The monoisotopic (exact) mass is 754 g/mol. The molecule has 0 saturated carbocycles. The van der Waals surface area contributed by atoms with Crippen molar-refractivity contribution >= 4 is 53.4 Å². The number of para-hydroxylation sites is 4. The third-order valence-electron chi connectivity index (χ3n) is 7.15. The van der Waals surface area contributed by atoms with Gasteiger partial charge >= 0.3 is 7.12 Å². The van der Waals surface area contributed by atoms with Crippen LogP contribution in [0.4, 0.5) is 11.4 Å². The van der Waals surface area contributed by atoms with Crippen LogP contribution < -0.4 is 14.9 Å². The van der Waals surface area contributed by atoms with Crippen molar-refractivity contribution in [2.45, 2.75) is 6.10 Å². The van der Waals surface area contributed by atoms with E-state index in [2.05, 4.69) is 0 Å². The molecule has 0 bridgehead atoms. The highest BCUT2D eigenvalue weighted by atomic mass is 35.5. The van der Waals surface area contributed by atoms with Crippen molar-refractivity contribution in [2.75, 3.05) is 0 Å². The molecular weight excluding hydrogens is 726 g/mol. The molecule has 1 atom stereocenters. The van der Waals surface area contributed by atoms with Gasteiger partial charge in [0, 0.05) is 33.2 Å². The van der Waals surface area contributed by atoms with Gasteiger partial charge in [-0.3, -0.25) is 25.0 Å². The molecule has 268 valence electrons. The summed E-state index contributed by atoms with van der Waals surface area (Å²) in [6, 6.07) is 39.9. The van der Waals surface area contributed by atoms with E-state index in [1.807, 2.05) is 36.4 Å². The quantitative estimate of drug-likeness (QED) is 0.0532. The smallest absolute Gasteiger partial charge is 0.458 e. The standard InChI is InChI=1S/C19H14ClNO4.C12H11BO3.C7H4ClNO3/c20-13-10-11-17(21(23)24)16(12-13)19(22)15-8-4-5-9-18(15)25-14-6-2-1-3-7-14;14-13(15)11-8-4-5-9-12(11)16-10-6-2-1-3-7-10;8-6-1-2-7(9(11)12)5(3-6)4-10/h1-12,19,22H;1-9,14-15H;1-4H. The zero-order valence-electron chi connectivity index (χ0n) is 27.4. The molecule has 0 aromatic heterocycles. The number of benzene rings is 6. The molecule has 6 rings (SSSR count). The number of hydrogen-bond acceptors (Lipinski definition) is 10. The second-order valence-electron chi connectivity index (χ2n) is 10.7. The summed E-state index contributed by atoms with van der Waals surface area (Å²) >= 11 is 11.5. The number of ether oxygens (including phenoxy) is 2. The lowest BCUT2D eigenvalue weighted by atomic mass is 9.79. The molecule has 3 N–H and O–H groups in total. The number of carbonyl (C=O) groups excluding carboxylic acids is 1. The van der Waals surface area contributed by atoms with Crippen molar-refractivity contribution in [3.63, 3.8) is 0 Å². The molecule has 53 heavy (non-hydrogen) atoms. The highest BCUT2D eigenvalue weighted by Gasteiger charge is 2.25. The Hall–Kier alpha value is -6.09. The third-order valence-corrected chi connectivity index (χ3v) is 7.62. The Morgan fingerprint density at radius 2 is 1.08 bits per heavy atom. The Kier molecular flexibility index (Phi) is 14.6. The molecule has 0 spiro atoms. The van der Waals surface area contributed by atoms with Gasteiger partial charge in [-0.1, -0.05) is 96.0 Å². The van der Waals surface area contributed by atoms with Gasteiger partial charge in [-0.2, -0.15) is 0 Å². The number of aliphatic hydroxyl groups excluding tert-OH is 1. The zero-order valence-corrected chi connectivity index (χ0v) is 29.0. The van der Waals surface area contributed by atoms with Crippen LogP contribution in [0.1, 0.15) is 27.6 Å². The van der Waals surface area contributed by atoms with Crippen LogP contribution in [0.15, 0.2) is 146 Å². The molecule has 0 radical (unpaired) electrons. The first kappa shape index (κ1) is 39.7. The molecule has 1 unspecified atom stereocenters. The Balaban J connectivity index is 0.000000192. The summed E-state index contributed by atoms with van der Waals surface area (Å²) in [6.07, 6.45) is -0.844. The predicted molar refractivity (Wildman–Crippen MR) is 201 cm³/mol. The molecule has 15 heteroatoms. The van der Waals surface area contributed by atoms with Crippen molar-refractivity contribution in [1.29, 1.82) is 0 Å². The first-order valence-corrected chi connectivity index (χ1v) is 16.2. The van der Waals surface area contributed by atoms with E-state index in [1.54, 1.807) is 72.8 Å². The maximum Gasteiger partial charge on any atom is 0.492 e. The topological polar surface area (TPSA) is 182 Å². The minimum Gasteiger partial charge on any atom is -0.458 e. The number of aliphatic hydroxyl groups is 1. The van der Waals surface area contributed by atoms with Gasteiger partial charge < -0.3 is 24.6 Å². The van der Waals surface area contributed by atoms with E-state index in [0.717, 1.165) is 0 Å². The minimum atomic E-state index is -1.53. The minimum absolute atomic E-state index is 0.00694. The molecule has 0 aliphatic rings. The highest BCUT2D eigenvalue weighted by molar-refractivity contribution is 6.59. The van der Waals surface area contributed by atoms with Crippen LogP contribution in [0.3, 0.4) is 0 Å². The van der Waals surface area contributed by atoms with Gasteiger partial charge in [0.1, 0.15) is 29.1 Å². The highest BCUT2D eigenvalue weighted by Crippen LogP contribution is 2.37. The fourth-order valence-corrected chi connectivity index (χ4v) is 5.04. The lowest BCUT2D eigenvalue weighted by Crippen LogP contribution is -2.30. The molecule has 6 aromatic carbocycles. The van der Waals surface area contributed by atoms with Crippen molar-refractivity contribution in [3.8, 4) is 23.0 Å². The molecule has 0 aliphatic heterocycles. The van der Waals surface area contributed by atoms with E-state index in [-0.39, 0.29) is 22.5 Å². The largest absolute Gasteiger partial charge is 0.492 e. The number of carbonyl (C=O) groups is 1. The zero-order chi connectivity index (χ0) is 38.3. The van der Waals surface area contributed by atoms with Crippen LogP contribution in [0.25, 0.3) is 0 Å². The molecule has 12 nitrogen and oxygen atoms in total. The number of nitrogens with zero attached hydrogens (tertiary/aromatic N) is 2. The number of aldehydes is 1. The van der Waals surface area contributed by atoms with Crippen molar-refractivity contribution in [1.82, 2.24) is 0 Å². The van der Waals surface area contributed by atoms with E-state index < -0.39 is 23.1 Å². The molecule has 6 aromatic rings. The fraction of sp³-hybridized carbons (Fsp3) is 0.0263. The van der Waals surface area contributed by atoms with Gasteiger partial charge in [0.2, 0.25) is 0 Å². The molecule has 0 amide bonds. The van der Waals surface area contributed by atoms with Gasteiger partial charge in [-0.15, -0.1) is 0 Å². The Bertz CT molecular complexity index is 2160. The molecular formula is C38H29BCl2N2O10. The van der Waals surface area contributed by atoms with Crippen LogP contribution in [0.2, 0.25) is 10.0 Å². The van der Waals surface area contributed by atoms with E-state index in [1.165, 1.54) is 36.4 Å². The third kappa shape index (κ3) is 11.5. The van der Waals surface area contributed by atoms with Gasteiger partial charge in [0.05, 0.1) is 21.0 Å².